The van der Waals surface area contributed by atoms with Gasteiger partial charge in [-0.25, -0.2) is 9.97 Å². The summed E-state index contributed by atoms with van der Waals surface area (Å²) in [6.45, 7) is 3.59. The monoisotopic (exact) mass is 259 g/mol. The van der Waals surface area contributed by atoms with Gasteiger partial charge in [-0.15, -0.1) is 0 Å². The molecule has 0 saturated heterocycles. The van der Waals surface area contributed by atoms with Crippen LogP contribution in [0.2, 0.25) is 0 Å². The van der Waals surface area contributed by atoms with E-state index in [9.17, 15) is 0 Å². The minimum atomic E-state index is 0.482. The van der Waals surface area contributed by atoms with Crippen molar-refractivity contribution < 1.29 is 0 Å². The van der Waals surface area contributed by atoms with Crippen molar-refractivity contribution in [3.63, 3.8) is 0 Å². The van der Waals surface area contributed by atoms with Gasteiger partial charge < -0.3 is 10.2 Å². The molecule has 1 N–H and O–H groups in total. The number of hydrogen-bond acceptors (Lipinski definition) is 5. The second kappa shape index (κ2) is 6.37. The molecule has 5 nitrogen and oxygen atoms in total. The van der Waals surface area contributed by atoms with Crippen molar-refractivity contribution in [2.75, 3.05) is 30.4 Å². The van der Waals surface area contributed by atoms with Gasteiger partial charge in [0, 0.05) is 26.2 Å². The molecule has 1 aliphatic carbocycles. The molecule has 0 spiro atoms. The molecule has 0 amide bonds. The van der Waals surface area contributed by atoms with Crippen LogP contribution in [0, 0.1) is 24.2 Å². The normalized spacial score (nSPS) is 14.6. The molecule has 0 atom stereocenters. The molecule has 1 fully saturated rings. The van der Waals surface area contributed by atoms with Crippen LogP contribution in [0.4, 0.5) is 11.6 Å². The second-order valence-electron chi connectivity index (χ2n) is 5.17. The summed E-state index contributed by atoms with van der Waals surface area (Å²) in [5, 5.41) is 11.7. The minimum absolute atomic E-state index is 0.482. The van der Waals surface area contributed by atoms with E-state index in [0.717, 1.165) is 29.9 Å². The number of nitrogens with one attached hydrogen (secondary N) is 1. The Morgan fingerprint density at radius 3 is 2.89 bits per heavy atom. The molecule has 0 aromatic carbocycles. The summed E-state index contributed by atoms with van der Waals surface area (Å²) in [6, 6.07) is 4.08. The molecule has 5 heteroatoms. The molecule has 1 heterocycles. The maximum absolute atomic E-state index is 8.54. The standard InChI is InChI=1S/C14H21N5/c1-11-17-13(16-8-4-7-15)9-14(18-11)19(2)10-12-5-3-6-12/h9,12H,3-6,8,10H2,1-2H3,(H,16,17,18). The van der Waals surface area contributed by atoms with Crippen molar-refractivity contribution in [1.29, 1.82) is 5.26 Å². The second-order valence-corrected chi connectivity index (χ2v) is 5.17. The van der Waals surface area contributed by atoms with Crippen molar-refractivity contribution in [3.8, 4) is 6.07 Å². The van der Waals surface area contributed by atoms with Gasteiger partial charge in [0.2, 0.25) is 0 Å². The Morgan fingerprint density at radius 2 is 2.26 bits per heavy atom. The van der Waals surface area contributed by atoms with Crippen LogP contribution in [0.5, 0.6) is 0 Å². The third-order valence-electron chi connectivity index (χ3n) is 3.52. The zero-order valence-electron chi connectivity index (χ0n) is 11.7. The van der Waals surface area contributed by atoms with E-state index in [1.54, 1.807) is 0 Å². The maximum Gasteiger partial charge on any atom is 0.134 e. The summed E-state index contributed by atoms with van der Waals surface area (Å²) in [4.78, 5) is 11.0. The number of nitriles is 1. The Kier molecular flexibility index (Phi) is 4.56. The predicted octanol–water partition coefficient (Wildman–Crippen LogP) is 2.35. The van der Waals surface area contributed by atoms with Crippen molar-refractivity contribution in [3.05, 3.63) is 11.9 Å². The van der Waals surface area contributed by atoms with Crippen LogP contribution in [0.1, 0.15) is 31.5 Å². The summed E-state index contributed by atoms with van der Waals surface area (Å²) in [7, 11) is 2.08. The van der Waals surface area contributed by atoms with Crippen molar-refractivity contribution >= 4 is 11.6 Å². The summed E-state index contributed by atoms with van der Waals surface area (Å²) in [6.07, 6.45) is 4.52. The van der Waals surface area contributed by atoms with Crippen LogP contribution in [0.25, 0.3) is 0 Å². The summed E-state index contributed by atoms with van der Waals surface area (Å²) < 4.78 is 0. The van der Waals surface area contributed by atoms with E-state index in [-0.39, 0.29) is 0 Å². The number of aromatic nitrogens is 2. The predicted molar refractivity (Wildman–Crippen MR) is 76.1 cm³/mol. The lowest BCUT2D eigenvalue weighted by molar-refractivity contribution is 0.321. The molecule has 1 saturated carbocycles. The molecule has 0 radical (unpaired) electrons. The lowest BCUT2D eigenvalue weighted by Gasteiger charge is -2.30. The first-order chi connectivity index (χ1) is 9.19. The highest BCUT2D eigenvalue weighted by Gasteiger charge is 2.20. The van der Waals surface area contributed by atoms with E-state index in [2.05, 4.69) is 33.3 Å². The van der Waals surface area contributed by atoms with Gasteiger partial charge in [0.15, 0.2) is 0 Å². The van der Waals surface area contributed by atoms with Crippen LogP contribution in [0.15, 0.2) is 6.07 Å². The van der Waals surface area contributed by atoms with Crippen LogP contribution in [0.3, 0.4) is 0 Å². The molecule has 0 unspecified atom stereocenters. The zero-order valence-corrected chi connectivity index (χ0v) is 11.7. The van der Waals surface area contributed by atoms with Gasteiger partial charge in [-0.3, -0.25) is 0 Å². The van der Waals surface area contributed by atoms with E-state index >= 15 is 0 Å². The number of aryl methyl sites for hydroxylation is 1. The topological polar surface area (TPSA) is 64.8 Å². The number of nitrogens with zero attached hydrogens (tertiary/aromatic N) is 4. The molecule has 1 aromatic heterocycles. The van der Waals surface area contributed by atoms with Gasteiger partial charge in [0.25, 0.3) is 0 Å². The van der Waals surface area contributed by atoms with Gasteiger partial charge in [0.05, 0.1) is 12.5 Å². The molecule has 102 valence electrons. The first-order valence-corrected chi connectivity index (χ1v) is 6.86. The molecule has 0 aliphatic heterocycles. The van der Waals surface area contributed by atoms with Crippen molar-refractivity contribution in [1.82, 2.24) is 9.97 Å². The quantitative estimate of drug-likeness (QED) is 0.794. The molecule has 2 rings (SSSR count). The van der Waals surface area contributed by atoms with Gasteiger partial charge in [0.1, 0.15) is 17.5 Å². The Balaban J connectivity index is 2.00. The van der Waals surface area contributed by atoms with Crippen LogP contribution >= 0.6 is 0 Å². The maximum atomic E-state index is 8.54. The first kappa shape index (κ1) is 13.6. The molecule has 19 heavy (non-hydrogen) atoms. The Hall–Kier alpha value is -1.83. The number of hydrogen-bond donors (Lipinski definition) is 1. The highest BCUT2D eigenvalue weighted by atomic mass is 15.2. The number of rotatable bonds is 6. The summed E-state index contributed by atoms with van der Waals surface area (Å²) >= 11 is 0. The Labute approximate surface area is 114 Å². The first-order valence-electron chi connectivity index (χ1n) is 6.86. The largest absolute Gasteiger partial charge is 0.369 e. The molecule has 1 aliphatic rings. The van der Waals surface area contributed by atoms with Crippen molar-refractivity contribution in [2.45, 2.75) is 32.6 Å². The summed E-state index contributed by atoms with van der Waals surface area (Å²) in [5.74, 6) is 3.34. The van der Waals surface area contributed by atoms with Crippen molar-refractivity contribution in [2.24, 2.45) is 5.92 Å². The van der Waals surface area contributed by atoms with E-state index in [4.69, 9.17) is 5.26 Å². The fourth-order valence-corrected chi connectivity index (χ4v) is 2.24. The molecule has 0 bridgehead atoms. The average molecular weight is 259 g/mol. The number of anilines is 2. The van der Waals surface area contributed by atoms with Crippen LogP contribution in [-0.4, -0.2) is 30.1 Å². The van der Waals surface area contributed by atoms with E-state index in [0.29, 0.717) is 13.0 Å². The van der Waals surface area contributed by atoms with Crippen LogP contribution < -0.4 is 10.2 Å². The van der Waals surface area contributed by atoms with E-state index in [1.807, 2.05) is 13.0 Å². The third kappa shape index (κ3) is 3.82. The van der Waals surface area contributed by atoms with Gasteiger partial charge in [-0.2, -0.15) is 5.26 Å². The highest BCUT2D eigenvalue weighted by molar-refractivity contribution is 5.49. The Bertz CT molecular complexity index is 461. The van der Waals surface area contributed by atoms with Gasteiger partial charge in [-0.1, -0.05) is 6.42 Å². The lowest BCUT2D eigenvalue weighted by Crippen LogP contribution is -2.30. The lowest BCUT2D eigenvalue weighted by atomic mass is 9.85. The molecular weight excluding hydrogens is 238 g/mol. The summed E-state index contributed by atoms with van der Waals surface area (Å²) in [5.41, 5.74) is 0. The fourth-order valence-electron chi connectivity index (χ4n) is 2.24. The highest BCUT2D eigenvalue weighted by Crippen LogP contribution is 2.28. The zero-order chi connectivity index (χ0) is 13.7. The van der Waals surface area contributed by atoms with Crippen LogP contribution in [-0.2, 0) is 0 Å². The fraction of sp³-hybridized carbons (Fsp3) is 0.643. The van der Waals surface area contributed by atoms with Gasteiger partial charge in [-0.05, 0) is 25.7 Å². The third-order valence-corrected chi connectivity index (χ3v) is 3.52. The smallest absolute Gasteiger partial charge is 0.134 e. The van der Waals surface area contributed by atoms with Gasteiger partial charge >= 0.3 is 0 Å². The van der Waals surface area contributed by atoms with E-state index < -0.39 is 0 Å². The average Bonchev–Trinajstić information content (AvgIpc) is 2.33. The molecule has 1 aromatic rings. The SMILES string of the molecule is Cc1nc(NCCC#N)cc(N(C)CC2CCC2)n1. The molecular formula is C14H21N5. The Morgan fingerprint density at radius 1 is 1.47 bits per heavy atom. The minimum Gasteiger partial charge on any atom is -0.369 e. The van der Waals surface area contributed by atoms with E-state index in [1.165, 1.54) is 19.3 Å².